The summed E-state index contributed by atoms with van der Waals surface area (Å²) in [4.78, 5) is 24.3. The molecule has 35 heavy (non-hydrogen) atoms. The minimum atomic E-state index is -4.48. The molecule has 0 heterocycles. The summed E-state index contributed by atoms with van der Waals surface area (Å²) in [5.41, 5.74) is -2.28. The van der Waals surface area contributed by atoms with Gasteiger partial charge in [0.2, 0.25) is 0 Å². The number of hydrogen-bond donors (Lipinski definition) is 1. The van der Waals surface area contributed by atoms with Crippen LogP contribution in [0.2, 0.25) is 0 Å². The number of rotatable bonds is 7. The summed E-state index contributed by atoms with van der Waals surface area (Å²) in [5, 5.41) is 20.2. The lowest BCUT2D eigenvalue weighted by atomic mass is 9.78. The molecular weight excluding hydrogens is 463 g/mol. The van der Waals surface area contributed by atoms with Crippen molar-refractivity contribution in [3.8, 4) is 29.4 Å². The molecule has 0 aliphatic heterocycles. The van der Waals surface area contributed by atoms with Crippen LogP contribution < -0.4 is 4.74 Å². The number of hydrogen-bond acceptors (Lipinski definition) is 5. The van der Waals surface area contributed by atoms with E-state index in [0.717, 1.165) is 0 Å². The van der Waals surface area contributed by atoms with E-state index in [0.29, 0.717) is 17.1 Å². The maximum Gasteiger partial charge on any atom is 0.392 e. The molecule has 1 fully saturated rings. The number of halogens is 3. The molecule has 1 aliphatic carbocycles. The van der Waals surface area contributed by atoms with Crippen molar-refractivity contribution in [2.45, 2.75) is 32.4 Å². The lowest BCUT2D eigenvalue weighted by Gasteiger charge is -2.22. The summed E-state index contributed by atoms with van der Waals surface area (Å²) < 4.78 is 47.0. The Morgan fingerprint density at radius 2 is 1.77 bits per heavy atom. The number of nitrogens with zero attached hydrogens (tertiary/aromatic N) is 1. The van der Waals surface area contributed by atoms with Crippen molar-refractivity contribution in [3.05, 3.63) is 60.2 Å². The number of nitriles is 1. The third kappa shape index (κ3) is 5.25. The zero-order valence-electron chi connectivity index (χ0n) is 18.9. The molecule has 0 bridgehead atoms. The number of carboxylic acid groups (broad SMARTS) is 1. The highest BCUT2D eigenvalue weighted by atomic mass is 19.4. The van der Waals surface area contributed by atoms with Crippen molar-refractivity contribution >= 4 is 11.9 Å². The van der Waals surface area contributed by atoms with Crippen molar-refractivity contribution in [1.29, 1.82) is 5.26 Å². The van der Waals surface area contributed by atoms with Crippen LogP contribution in [-0.2, 0) is 14.3 Å². The maximum atomic E-state index is 12.5. The lowest BCUT2D eigenvalue weighted by molar-refractivity contribution is -0.155. The molecule has 3 atom stereocenters. The van der Waals surface area contributed by atoms with Crippen LogP contribution in [0.1, 0.15) is 31.7 Å². The van der Waals surface area contributed by atoms with E-state index in [4.69, 9.17) is 4.74 Å². The molecule has 1 saturated carbocycles. The van der Waals surface area contributed by atoms with Crippen LogP contribution in [0.4, 0.5) is 13.2 Å². The van der Waals surface area contributed by atoms with E-state index in [1.54, 1.807) is 62.4 Å². The standard InChI is InChI=1S/C26H22F3NO5/c1-24(2)21(11-12-22(31)34-14-13-25(27,28)29)26(24,23(32)33)20(16-30)17-7-6-10-19(15-17)35-18-8-4-3-5-9-18/h3-10,15,20-21H,13-14H2,1-2H3,(H,32,33)/t20-,21-,26+/m0/s1. The van der Waals surface area contributed by atoms with E-state index < -0.39 is 53.8 Å². The minimum Gasteiger partial charge on any atom is -0.481 e. The molecule has 0 spiro atoms. The van der Waals surface area contributed by atoms with Gasteiger partial charge >= 0.3 is 18.1 Å². The Balaban J connectivity index is 1.86. The summed E-state index contributed by atoms with van der Waals surface area (Å²) >= 11 is 0. The van der Waals surface area contributed by atoms with Gasteiger partial charge in [-0.3, -0.25) is 4.79 Å². The van der Waals surface area contributed by atoms with Crippen molar-refractivity contribution in [3.63, 3.8) is 0 Å². The number of esters is 1. The molecule has 0 amide bonds. The highest BCUT2D eigenvalue weighted by Gasteiger charge is 2.79. The van der Waals surface area contributed by atoms with Gasteiger partial charge in [-0.1, -0.05) is 50.1 Å². The molecule has 1 N–H and O–H groups in total. The molecular formula is C26H22F3NO5. The quantitative estimate of drug-likeness (QED) is 0.324. The second-order valence-corrected chi connectivity index (χ2v) is 8.65. The van der Waals surface area contributed by atoms with Crippen LogP contribution in [0.3, 0.4) is 0 Å². The highest BCUT2D eigenvalue weighted by Crippen LogP contribution is 2.74. The third-order valence-electron chi connectivity index (χ3n) is 6.21. The molecule has 0 radical (unpaired) electrons. The number of carboxylic acids is 1. The number of para-hydroxylation sites is 1. The Morgan fingerprint density at radius 1 is 1.11 bits per heavy atom. The van der Waals surface area contributed by atoms with Gasteiger partial charge in [0.25, 0.3) is 0 Å². The molecule has 1 aliphatic rings. The molecule has 0 unspecified atom stereocenters. The van der Waals surface area contributed by atoms with Crippen LogP contribution >= 0.6 is 0 Å². The lowest BCUT2D eigenvalue weighted by Crippen LogP contribution is -2.28. The van der Waals surface area contributed by atoms with Gasteiger partial charge in [0.1, 0.15) is 23.5 Å². The van der Waals surface area contributed by atoms with Crippen LogP contribution in [-0.4, -0.2) is 29.8 Å². The molecule has 9 heteroatoms. The van der Waals surface area contributed by atoms with Gasteiger partial charge < -0.3 is 14.6 Å². The monoisotopic (exact) mass is 485 g/mol. The summed E-state index contributed by atoms with van der Waals surface area (Å²) in [5.74, 6) is 1.07. The molecule has 182 valence electrons. The summed E-state index contributed by atoms with van der Waals surface area (Å²) in [7, 11) is 0. The van der Waals surface area contributed by atoms with Gasteiger partial charge in [0, 0.05) is 11.8 Å². The number of carbonyl (C=O) groups excluding carboxylic acids is 1. The Hall–Kier alpha value is -3.98. The molecule has 3 rings (SSSR count). The van der Waals surface area contributed by atoms with E-state index >= 15 is 0 Å². The molecule has 2 aromatic rings. The molecule has 0 aromatic heterocycles. The predicted octanol–water partition coefficient (Wildman–Crippen LogP) is 5.31. The second kappa shape index (κ2) is 9.71. The number of benzene rings is 2. The predicted molar refractivity (Wildman–Crippen MR) is 118 cm³/mol. The van der Waals surface area contributed by atoms with Gasteiger partial charge in [-0.05, 0) is 35.2 Å². The summed E-state index contributed by atoms with van der Waals surface area (Å²) in [6, 6.07) is 17.5. The number of aliphatic carboxylic acids is 1. The zero-order valence-corrected chi connectivity index (χ0v) is 18.9. The second-order valence-electron chi connectivity index (χ2n) is 8.65. The Bertz CT molecular complexity index is 1210. The van der Waals surface area contributed by atoms with Crippen molar-refractivity contribution in [2.75, 3.05) is 6.61 Å². The fourth-order valence-corrected chi connectivity index (χ4v) is 4.40. The van der Waals surface area contributed by atoms with Crippen molar-refractivity contribution in [1.82, 2.24) is 0 Å². The van der Waals surface area contributed by atoms with Crippen LogP contribution in [0.15, 0.2) is 54.6 Å². The van der Waals surface area contributed by atoms with Gasteiger partial charge in [-0.15, -0.1) is 0 Å². The van der Waals surface area contributed by atoms with E-state index in [-0.39, 0.29) is 0 Å². The SMILES string of the molecule is CC1(C)[C@H](C#CC(=O)OCCC(F)(F)F)[C@@]1(C(=O)O)[C@@H](C#N)c1cccc(Oc2ccccc2)c1. The van der Waals surface area contributed by atoms with Crippen LogP contribution in [0, 0.1) is 39.9 Å². The Morgan fingerprint density at radius 3 is 2.37 bits per heavy atom. The fraction of sp³-hybridized carbons (Fsp3) is 0.346. The van der Waals surface area contributed by atoms with Gasteiger partial charge in [-0.2, -0.15) is 18.4 Å². The van der Waals surface area contributed by atoms with Crippen LogP contribution in [0.5, 0.6) is 11.5 Å². The summed E-state index contributed by atoms with van der Waals surface area (Å²) in [6.45, 7) is 2.35. The molecule has 6 nitrogen and oxygen atoms in total. The zero-order chi connectivity index (χ0) is 25.9. The van der Waals surface area contributed by atoms with Gasteiger partial charge in [0.15, 0.2) is 0 Å². The smallest absolute Gasteiger partial charge is 0.392 e. The van der Waals surface area contributed by atoms with E-state index in [9.17, 15) is 33.1 Å². The fourth-order valence-electron chi connectivity index (χ4n) is 4.40. The van der Waals surface area contributed by atoms with E-state index in [1.165, 1.54) is 0 Å². The average molecular weight is 485 g/mol. The number of carbonyl (C=O) groups is 2. The topological polar surface area (TPSA) is 96.6 Å². The Labute approximate surface area is 200 Å². The van der Waals surface area contributed by atoms with E-state index in [1.807, 2.05) is 6.07 Å². The van der Waals surface area contributed by atoms with Crippen LogP contribution in [0.25, 0.3) is 0 Å². The number of ether oxygens (including phenoxy) is 2. The third-order valence-corrected chi connectivity index (χ3v) is 6.21. The van der Waals surface area contributed by atoms with Crippen molar-refractivity contribution in [2.24, 2.45) is 16.7 Å². The normalized spacial score (nSPS) is 21.0. The van der Waals surface area contributed by atoms with Gasteiger partial charge in [0.05, 0.1) is 18.4 Å². The maximum absolute atomic E-state index is 12.5. The first-order chi connectivity index (χ1) is 16.4. The first kappa shape index (κ1) is 25.6. The average Bonchev–Trinajstić information content (AvgIpc) is 3.28. The first-order valence-electron chi connectivity index (χ1n) is 10.6. The highest BCUT2D eigenvalue weighted by molar-refractivity contribution is 5.90. The largest absolute Gasteiger partial charge is 0.481 e. The minimum absolute atomic E-state index is 0.397. The molecule has 2 aromatic carbocycles. The number of alkyl halides is 3. The van der Waals surface area contributed by atoms with Gasteiger partial charge in [-0.25, -0.2) is 4.79 Å². The summed E-state index contributed by atoms with van der Waals surface area (Å²) in [6.07, 6.45) is -5.80. The van der Waals surface area contributed by atoms with E-state index in [2.05, 4.69) is 22.6 Å². The van der Waals surface area contributed by atoms with Crippen molar-refractivity contribution < 1.29 is 37.3 Å². The molecule has 0 saturated heterocycles. The Kier molecular flexibility index (Phi) is 7.11. The first-order valence-corrected chi connectivity index (χ1v) is 10.6.